The Morgan fingerprint density at radius 3 is 2.90 bits per heavy atom. The zero-order chi connectivity index (χ0) is 21.1. The van der Waals surface area contributed by atoms with Crippen LogP contribution in [0.25, 0.3) is 0 Å². The van der Waals surface area contributed by atoms with Crippen LogP contribution >= 0.6 is 11.5 Å². The van der Waals surface area contributed by atoms with Crippen molar-refractivity contribution in [3.05, 3.63) is 65.0 Å². The van der Waals surface area contributed by atoms with E-state index >= 15 is 0 Å². The predicted molar refractivity (Wildman–Crippen MR) is 121 cm³/mol. The standard InChI is InChI=1S/C23H26N4O2S/c1-15-9-10-18(12-16(15)2)24-22(28)20-8-5-11-27(20)23-25-21(26-30-23)14-17-6-4-7-19(13-17)29-3/h4,6-7,9-10,12-13,20H,5,8,11,14H2,1-3H3,(H,24,28)/t20-/m1/s1. The zero-order valence-electron chi connectivity index (χ0n) is 17.5. The number of carbonyl (C=O) groups is 1. The van der Waals surface area contributed by atoms with Crippen molar-refractivity contribution in [2.24, 2.45) is 0 Å². The average Bonchev–Trinajstić information content (AvgIpc) is 3.40. The Bertz CT molecular complexity index is 1050. The molecule has 0 spiro atoms. The number of nitrogens with one attached hydrogen (secondary N) is 1. The molecule has 0 saturated carbocycles. The van der Waals surface area contributed by atoms with Crippen molar-refractivity contribution in [2.75, 3.05) is 23.9 Å². The van der Waals surface area contributed by atoms with Gasteiger partial charge in [0.05, 0.1) is 7.11 Å². The van der Waals surface area contributed by atoms with Crippen LogP contribution in [0.3, 0.4) is 0 Å². The number of amides is 1. The molecule has 3 aromatic rings. The lowest BCUT2D eigenvalue weighted by atomic mass is 10.1. The van der Waals surface area contributed by atoms with Gasteiger partial charge < -0.3 is 15.0 Å². The molecule has 156 valence electrons. The molecule has 1 aliphatic rings. The Morgan fingerprint density at radius 1 is 1.23 bits per heavy atom. The number of rotatable bonds is 6. The van der Waals surface area contributed by atoms with Gasteiger partial charge in [-0.1, -0.05) is 18.2 Å². The third kappa shape index (κ3) is 4.46. The van der Waals surface area contributed by atoms with E-state index in [9.17, 15) is 4.79 Å². The zero-order valence-corrected chi connectivity index (χ0v) is 18.3. The molecule has 0 radical (unpaired) electrons. The number of ether oxygens (including phenoxy) is 1. The SMILES string of the molecule is COc1cccc(Cc2nsc(N3CCC[C@@H]3C(=O)Nc3ccc(C)c(C)c3)n2)c1. The van der Waals surface area contributed by atoms with Crippen LogP contribution in [0.5, 0.6) is 5.75 Å². The lowest BCUT2D eigenvalue weighted by molar-refractivity contribution is -0.117. The van der Waals surface area contributed by atoms with Crippen LogP contribution < -0.4 is 15.0 Å². The molecule has 30 heavy (non-hydrogen) atoms. The van der Waals surface area contributed by atoms with E-state index < -0.39 is 0 Å². The molecular formula is C23H26N4O2S. The van der Waals surface area contributed by atoms with Crippen molar-refractivity contribution in [2.45, 2.75) is 39.2 Å². The van der Waals surface area contributed by atoms with Crippen LogP contribution in [-0.2, 0) is 11.2 Å². The number of benzene rings is 2. The number of hydrogen-bond donors (Lipinski definition) is 1. The minimum atomic E-state index is -0.218. The van der Waals surface area contributed by atoms with Gasteiger partial charge in [-0.3, -0.25) is 4.79 Å². The fraction of sp³-hybridized carbons (Fsp3) is 0.348. The molecule has 1 aliphatic heterocycles. The minimum Gasteiger partial charge on any atom is -0.497 e. The maximum atomic E-state index is 13.0. The van der Waals surface area contributed by atoms with Gasteiger partial charge in [0, 0.05) is 30.2 Å². The normalized spacial score (nSPS) is 16.0. The highest BCUT2D eigenvalue weighted by Gasteiger charge is 2.33. The summed E-state index contributed by atoms with van der Waals surface area (Å²) in [4.78, 5) is 19.8. The summed E-state index contributed by atoms with van der Waals surface area (Å²) in [5, 5.41) is 3.88. The Hall–Kier alpha value is -2.93. The van der Waals surface area contributed by atoms with Crippen molar-refractivity contribution in [3.63, 3.8) is 0 Å². The molecule has 1 aromatic heterocycles. The number of nitrogens with zero attached hydrogens (tertiary/aromatic N) is 3. The molecular weight excluding hydrogens is 396 g/mol. The van der Waals surface area contributed by atoms with Crippen molar-refractivity contribution in [1.82, 2.24) is 9.36 Å². The monoisotopic (exact) mass is 422 g/mol. The smallest absolute Gasteiger partial charge is 0.247 e. The molecule has 0 unspecified atom stereocenters. The third-order valence-corrected chi connectivity index (χ3v) is 6.32. The molecule has 0 aliphatic carbocycles. The largest absolute Gasteiger partial charge is 0.497 e. The second-order valence-corrected chi connectivity index (χ2v) is 8.39. The quantitative estimate of drug-likeness (QED) is 0.639. The van der Waals surface area contributed by atoms with E-state index in [1.807, 2.05) is 42.5 Å². The third-order valence-electron chi connectivity index (χ3n) is 5.53. The van der Waals surface area contributed by atoms with E-state index in [1.54, 1.807) is 7.11 Å². The van der Waals surface area contributed by atoms with Gasteiger partial charge in [-0.25, -0.2) is 4.98 Å². The number of hydrogen-bond acceptors (Lipinski definition) is 6. The summed E-state index contributed by atoms with van der Waals surface area (Å²) in [5.74, 6) is 1.61. The van der Waals surface area contributed by atoms with E-state index in [1.165, 1.54) is 22.7 Å². The van der Waals surface area contributed by atoms with E-state index in [4.69, 9.17) is 9.72 Å². The molecule has 1 atom stereocenters. The Kier molecular flexibility index (Phi) is 5.99. The molecule has 2 heterocycles. The number of aromatic nitrogens is 2. The Morgan fingerprint density at radius 2 is 2.10 bits per heavy atom. The number of anilines is 2. The van der Waals surface area contributed by atoms with Crippen LogP contribution in [0, 0.1) is 13.8 Å². The van der Waals surface area contributed by atoms with Gasteiger partial charge in [-0.15, -0.1) is 0 Å². The summed E-state index contributed by atoms with van der Waals surface area (Å²) in [6.45, 7) is 4.94. The fourth-order valence-corrected chi connectivity index (χ4v) is 4.47. The molecule has 2 aromatic carbocycles. The number of aryl methyl sites for hydroxylation is 2. The van der Waals surface area contributed by atoms with Gasteiger partial charge in [0.1, 0.15) is 17.6 Å². The summed E-state index contributed by atoms with van der Waals surface area (Å²) in [6.07, 6.45) is 2.43. The highest BCUT2D eigenvalue weighted by molar-refractivity contribution is 7.09. The van der Waals surface area contributed by atoms with Crippen molar-refractivity contribution < 1.29 is 9.53 Å². The summed E-state index contributed by atoms with van der Waals surface area (Å²) >= 11 is 1.36. The lowest BCUT2D eigenvalue weighted by Crippen LogP contribution is -2.39. The van der Waals surface area contributed by atoms with Crippen LogP contribution in [0.2, 0.25) is 0 Å². The molecule has 6 nitrogen and oxygen atoms in total. The first kappa shape index (κ1) is 20.3. The maximum absolute atomic E-state index is 13.0. The first-order valence-electron chi connectivity index (χ1n) is 10.1. The molecule has 1 fully saturated rings. The van der Waals surface area contributed by atoms with Crippen LogP contribution in [0.4, 0.5) is 10.8 Å². The molecule has 4 rings (SSSR count). The topological polar surface area (TPSA) is 67.3 Å². The Balaban J connectivity index is 1.45. The second kappa shape index (κ2) is 8.83. The van der Waals surface area contributed by atoms with Gasteiger partial charge in [0.25, 0.3) is 0 Å². The average molecular weight is 423 g/mol. The van der Waals surface area contributed by atoms with E-state index in [2.05, 4.69) is 28.4 Å². The van der Waals surface area contributed by atoms with Crippen molar-refractivity contribution in [3.8, 4) is 5.75 Å². The van der Waals surface area contributed by atoms with Gasteiger partial charge in [0.15, 0.2) is 0 Å². The highest BCUT2D eigenvalue weighted by atomic mass is 32.1. The molecule has 0 bridgehead atoms. The highest BCUT2D eigenvalue weighted by Crippen LogP contribution is 2.29. The second-order valence-electron chi connectivity index (χ2n) is 7.66. The fourth-order valence-electron chi connectivity index (χ4n) is 3.71. The van der Waals surface area contributed by atoms with E-state index in [0.717, 1.165) is 47.3 Å². The first-order valence-corrected chi connectivity index (χ1v) is 10.9. The van der Waals surface area contributed by atoms with Gasteiger partial charge in [-0.2, -0.15) is 4.37 Å². The Labute approximate surface area is 181 Å². The van der Waals surface area contributed by atoms with Crippen LogP contribution in [0.15, 0.2) is 42.5 Å². The molecule has 1 amide bonds. The summed E-state index contributed by atoms with van der Waals surface area (Å²) < 4.78 is 9.82. The van der Waals surface area contributed by atoms with E-state index in [0.29, 0.717) is 6.42 Å². The molecule has 1 N–H and O–H groups in total. The first-order chi connectivity index (χ1) is 14.5. The summed E-state index contributed by atoms with van der Waals surface area (Å²) in [6, 6.07) is 13.7. The lowest BCUT2D eigenvalue weighted by Gasteiger charge is -2.22. The maximum Gasteiger partial charge on any atom is 0.247 e. The summed E-state index contributed by atoms with van der Waals surface area (Å²) in [5.41, 5.74) is 4.32. The van der Waals surface area contributed by atoms with Gasteiger partial charge >= 0.3 is 0 Å². The predicted octanol–water partition coefficient (Wildman–Crippen LogP) is 4.36. The number of carbonyl (C=O) groups excluding carboxylic acids is 1. The van der Waals surface area contributed by atoms with Crippen molar-refractivity contribution in [1.29, 1.82) is 0 Å². The molecule has 7 heteroatoms. The minimum absolute atomic E-state index is 0.0142. The molecule has 1 saturated heterocycles. The number of methoxy groups -OCH3 is 1. The van der Waals surface area contributed by atoms with Gasteiger partial charge in [-0.05, 0) is 67.6 Å². The van der Waals surface area contributed by atoms with Crippen LogP contribution in [0.1, 0.15) is 35.4 Å². The van der Waals surface area contributed by atoms with Gasteiger partial charge in [0.2, 0.25) is 11.0 Å². The van der Waals surface area contributed by atoms with Crippen LogP contribution in [-0.4, -0.2) is 35.0 Å². The van der Waals surface area contributed by atoms with Crippen molar-refractivity contribution >= 4 is 28.3 Å². The van der Waals surface area contributed by atoms with E-state index in [-0.39, 0.29) is 11.9 Å². The summed E-state index contributed by atoms with van der Waals surface area (Å²) in [7, 11) is 1.66.